The Kier molecular flexibility index (Phi) is 1.84. The van der Waals surface area contributed by atoms with Crippen LogP contribution in [-0.4, -0.2) is 24.2 Å². The van der Waals surface area contributed by atoms with Gasteiger partial charge in [0, 0.05) is 7.05 Å². The summed E-state index contributed by atoms with van der Waals surface area (Å²) in [5.74, 6) is -0.171. The third kappa shape index (κ3) is 1.75. The average molecular weight is 99.1 g/mol. The minimum atomic E-state index is -0.171. The highest BCUT2D eigenvalue weighted by Crippen LogP contribution is 1.65. The second-order valence-electron chi connectivity index (χ2n) is 1.06. The van der Waals surface area contributed by atoms with Crippen molar-refractivity contribution in [3.63, 3.8) is 0 Å². The lowest BCUT2D eigenvalue weighted by atomic mass is 10.8. The van der Waals surface area contributed by atoms with Crippen molar-refractivity contribution in [2.75, 3.05) is 7.05 Å². The van der Waals surface area contributed by atoms with E-state index >= 15 is 0 Å². The summed E-state index contributed by atoms with van der Waals surface area (Å²) in [4.78, 5) is 1.07. The molecular weight excluding hydrogens is 92.1 g/mol. The summed E-state index contributed by atoms with van der Waals surface area (Å²) in [6.45, 7) is 0. The maximum atomic E-state index is 6.62. The molecule has 0 bridgehead atoms. The average Bonchev–Trinajstić information content (AvgIpc) is 1.65. The van der Waals surface area contributed by atoms with Crippen molar-refractivity contribution < 1.29 is 0 Å². The lowest BCUT2D eigenvalue weighted by Crippen LogP contribution is -2.30. The molecular formula is C3H7N4. The standard InChI is InChI=1S/C3H7N4/c1-7(2-4)3(5)6/h4H,1H3,(H3,5,6). The first-order valence-corrected chi connectivity index (χ1v) is 1.68. The molecule has 0 fully saturated rings. The van der Waals surface area contributed by atoms with Crippen LogP contribution in [0.3, 0.4) is 0 Å². The van der Waals surface area contributed by atoms with E-state index in [4.69, 9.17) is 16.6 Å². The van der Waals surface area contributed by atoms with Gasteiger partial charge in [0.2, 0.25) is 0 Å². The monoisotopic (exact) mass is 99.1 g/mol. The minimum Gasteiger partial charge on any atom is -0.370 e. The predicted octanol–water partition coefficient (Wildman–Crippen LogP) is -0.704. The molecule has 0 saturated heterocycles. The van der Waals surface area contributed by atoms with Gasteiger partial charge in [-0.15, -0.1) is 0 Å². The number of nitrogens with one attached hydrogen (secondary N) is 2. The smallest absolute Gasteiger partial charge is 0.193 e. The van der Waals surface area contributed by atoms with Crippen LogP contribution < -0.4 is 5.73 Å². The van der Waals surface area contributed by atoms with E-state index in [0.29, 0.717) is 0 Å². The maximum absolute atomic E-state index is 6.62. The van der Waals surface area contributed by atoms with Crippen LogP contribution in [0.1, 0.15) is 0 Å². The largest absolute Gasteiger partial charge is 0.370 e. The van der Waals surface area contributed by atoms with E-state index in [1.807, 2.05) is 6.34 Å². The lowest BCUT2D eigenvalue weighted by Gasteiger charge is -2.04. The van der Waals surface area contributed by atoms with Gasteiger partial charge in [-0.3, -0.25) is 15.7 Å². The molecule has 0 heterocycles. The molecule has 0 spiro atoms. The third-order valence-electron chi connectivity index (χ3n) is 0.529. The normalized spacial score (nSPS) is 7.57. The van der Waals surface area contributed by atoms with Crippen molar-refractivity contribution in [3.05, 3.63) is 0 Å². The summed E-state index contributed by atoms with van der Waals surface area (Å²) < 4.78 is 0. The number of nitrogens with zero attached hydrogens (tertiary/aromatic N) is 1. The molecule has 7 heavy (non-hydrogen) atoms. The first kappa shape index (κ1) is 5.94. The zero-order chi connectivity index (χ0) is 5.86. The molecule has 4 heteroatoms. The van der Waals surface area contributed by atoms with Crippen molar-refractivity contribution in [2.45, 2.75) is 0 Å². The van der Waals surface area contributed by atoms with Gasteiger partial charge < -0.3 is 5.73 Å². The fraction of sp³-hybridized carbons (Fsp3) is 0.333. The van der Waals surface area contributed by atoms with Gasteiger partial charge in [-0.2, -0.15) is 0 Å². The summed E-state index contributed by atoms with van der Waals surface area (Å²) in [6, 6.07) is 0. The Bertz CT molecular complexity index is 86.9. The second-order valence-corrected chi connectivity index (χ2v) is 1.06. The summed E-state index contributed by atoms with van der Waals surface area (Å²) in [7, 11) is 1.48. The van der Waals surface area contributed by atoms with Crippen LogP contribution >= 0.6 is 0 Å². The quantitative estimate of drug-likeness (QED) is 0.231. The predicted molar refractivity (Wildman–Crippen MR) is 27.4 cm³/mol. The van der Waals surface area contributed by atoms with Gasteiger partial charge in [0.1, 0.15) is 0 Å². The van der Waals surface area contributed by atoms with Crippen LogP contribution in [0, 0.1) is 10.8 Å². The van der Waals surface area contributed by atoms with Crippen LogP contribution in [-0.2, 0) is 0 Å². The van der Waals surface area contributed by atoms with Crippen molar-refractivity contribution in [1.29, 1.82) is 10.8 Å². The molecule has 39 valence electrons. The van der Waals surface area contributed by atoms with Crippen molar-refractivity contribution >= 4 is 12.3 Å². The fourth-order valence-electron chi connectivity index (χ4n) is 0.0602. The van der Waals surface area contributed by atoms with Crippen molar-refractivity contribution in [2.24, 2.45) is 5.73 Å². The molecule has 0 aliphatic heterocycles. The molecule has 4 nitrogen and oxygen atoms in total. The van der Waals surface area contributed by atoms with E-state index < -0.39 is 0 Å². The Labute approximate surface area is 41.9 Å². The molecule has 1 radical (unpaired) electrons. The molecule has 0 aromatic heterocycles. The van der Waals surface area contributed by atoms with Gasteiger partial charge in [0.25, 0.3) is 0 Å². The van der Waals surface area contributed by atoms with Crippen molar-refractivity contribution in [3.8, 4) is 0 Å². The van der Waals surface area contributed by atoms with E-state index in [-0.39, 0.29) is 5.96 Å². The van der Waals surface area contributed by atoms with Crippen molar-refractivity contribution in [1.82, 2.24) is 4.90 Å². The van der Waals surface area contributed by atoms with Gasteiger partial charge in [-0.25, -0.2) is 0 Å². The van der Waals surface area contributed by atoms with Crippen LogP contribution in [0.4, 0.5) is 0 Å². The lowest BCUT2D eigenvalue weighted by molar-refractivity contribution is 0.752. The molecule has 0 saturated carbocycles. The highest BCUT2D eigenvalue weighted by Gasteiger charge is 1.89. The van der Waals surface area contributed by atoms with Crippen LogP contribution in [0.25, 0.3) is 0 Å². The molecule has 0 amide bonds. The highest BCUT2D eigenvalue weighted by atomic mass is 15.2. The Balaban J connectivity index is 3.55. The molecule has 0 aliphatic carbocycles. The van der Waals surface area contributed by atoms with E-state index in [1.54, 1.807) is 0 Å². The van der Waals surface area contributed by atoms with Crippen LogP contribution in [0.5, 0.6) is 0 Å². The Morgan fingerprint density at radius 1 is 1.86 bits per heavy atom. The number of hydrogen-bond donors (Lipinski definition) is 3. The molecule has 0 unspecified atom stereocenters. The minimum absolute atomic E-state index is 0.171. The van der Waals surface area contributed by atoms with E-state index in [1.165, 1.54) is 7.05 Å². The molecule has 0 aromatic carbocycles. The highest BCUT2D eigenvalue weighted by molar-refractivity contribution is 5.85. The molecule has 0 aliphatic rings. The van der Waals surface area contributed by atoms with Gasteiger partial charge in [-0.05, 0) is 0 Å². The Morgan fingerprint density at radius 2 is 2.29 bits per heavy atom. The molecule has 0 rings (SSSR count). The van der Waals surface area contributed by atoms with E-state index in [9.17, 15) is 0 Å². The SMILES string of the molecule is CN([C]=N)C(=N)N. The second kappa shape index (κ2) is 2.17. The third-order valence-corrected chi connectivity index (χ3v) is 0.529. The van der Waals surface area contributed by atoms with Gasteiger partial charge in [0.15, 0.2) is 12.3 Å². The Hall–Kier alpha value is -1.06. The van der Waals surface area contributed by atoms with Gasteiger partial charge in [-0.1, -0.05) is 0 Å². The van der Waals surface area contributed by atoms with E-state index in [2.05, 4.69) is 0 Å². The molecule has 0 atom stereocenters. The zero-order valence-corrected chi connectivity index (χ0v) is 4.02. The Morgan fingerprint density at radius 3 is 2.29 bits per heavy atom. The van der Waals surface area contributed by atoms with Crippen LogP contribution in [0.2, 0.25) is 0 Å². The summed E-state index contributed by atoms with van der Waals surface area (Å²) in [5, 5.41) is 13.0. The fourth-order valence-corrected chi connectivity index (χ4v) is 0.0602. The van der Waals surface area contributed by atoms with Gasteiger partial charge in [0.05, 0.1) is 0 Å². The molecule has 4 N–H and O–H groups in total. The van der Waals surface area contributed by atoms with Crippen LogP contribution in [0.15, 0.2) is 0 Å². The summed E-state index contributed by atoms with van der Waals surface area (Å²) in [6.07, 6.45) is 1.90. The topological polar surface area (TPSA) is 77.0 Å². The first-order valence-electron chi connectivity index (χ1n) is 1.68. The number of guanidine groups is 1. The molecule has 0 aromatic rings. The van der Waals surface area contributed by atoms with E-state index in [0.717, 1.165) is 4.90 Å². The maximum Gasteiger partial charge on any atom is 0.193 e. The summed E-state index contributed by atoms with van der Waals surface area (Å²) in [5.41, 5.74) is 4.87. The number of nitrogens with two attached hydrogens (primary N) is 1. The number of rotatable bonds is 1. The number of hydrogen-bond acceptors (Lipinski definition) is 2. The zero-order valence-electron chi connectivity index (χ0n) is 4.02. The first-order chi connectivity index (χ1) is 3.18. The summed E-state index contributed by atoms with van der Waals surface area (Å²) >= 11 is 0. The van der Waals surface area contributed by atoms with Gasteiger partial charge >= 0.3 is 0 Å².